The lowest BCUT2D eigenvalue weighted by atomic mass is 9.94. The third-order valence-corrected chi connectivity index (χ3v) is 6.00. The van der Waals surface area contributed by atoms with E-state index in [2.05, 4.69) is 12.6 Å². The van der Waals surface area contributed by atoms with Crippen LogP contribution >= 0.6 is 11.8 Å². The smallest absolute Gasteiger partial charge is 0.338 e. The number of hydrogen-bond donors (Lipinski definition) is 0. The molecule has 0 radical (unpaired) electrons. The Kier molecular flexibility index (Phi) is 8.51. The lowest BCUT2D eigenvalue weighted by Crippen LogP contribution is -2.05. The standard InChI is InChI=1S/C28H25NO3S/c1-4-7-26(33-25-16-14-24(31-3)15-17-25)27(21-12-10-20(19-29)11-13-21)22-8-6-9-23(18-22)28(30)32-5-2/h4,6,8-18H,1,5,7H2,2-3H3/b27-26+. The van der Waals surface area contributed by atoms with E-state index in [9.17, 15) is 10.1 Å². The third kappa shape index (κ3) is 6.15. The van der Waals surface area contributed by atoms with Crippen molar-refractivity contribution in [3.8, 4) is 11.8 Å². The number of methoxy groups -OCH3 is 1. The van der Waals surface area contributed by atoms with Crippen LogP contribution in [0.1, 0.15) is 40.4 Å². The molecule has 3 aromatic rings. The van der Waals surface area contributed by atoms with Crippen LogP contribution in [0.4, 0.5) is 0 Å². The molecule has 0 aliphatic heterocycles. The molecule has 0 bridgehead atoms. The van der Waals surface area contributed by atoms with Crippen LogP contribution in [0.3, 0.4) is 0 Å². The van der Waals surface area contributed by atoms with E-state index >= 15 is 0 Å². The maximum atomic E-state index is 12.4. The number of carbonyl (C=O) groups is 1. The number of thioether (sulfide) groups is 1. The Bertz CT molecular complexity index is 1190. The molecular weight excluding hydrogens is 430 g/mol. The Labute approximate surface area is 199 Å². The van der Waals surface area contributed by atoms with Gasteiger partial charge in [0.25, 0.3) is 0 Å². The second-order valence-corrected chi connectivity index (χ2v) is 8.23. The van der Waals surface area contributed by atoms with Crippen LogP contribution in [0, 0.1) is 11.3 Å². The van der Waals surface area contributed by atoms with E-state index in [0.717, 1.165) is 32.3 Å². The summed E-state index contributed by atoms with van der Waals surface area (Å²) in [6.45, 7) is 6.06. The van der Waals surface area contributed by atoms with Gasteiger partial charge in [-0.3, -0.25) is 0 Å². The summed E-state index contributed by atoms with van der Waals surface area (Å²) in [5.41, 5.74) is 3.90. The molecule has 0 aromatic heterocycles. The van der Waals surface area contributed by atoms with Crippen molar-refractivity contribution in [2.24, 2.45) is 0 Å². The van der Waals surface area contributed by atoms with E-state index in [4.69, 9.17) is 9.47 Å². The highest BCUT2D eigenvalue weighted by Crippen LogP contribution is 2.39. The minimum Gasteiger partial charge on any atom is -0.497 e. The number of hydrogen-bond acceptors (Lipinski definition) is 5. The van der Waals surface area contributed by atoms with E-state index in [0.29, 0.717) is 24.2 Å². The van der Waals surface area contributed by atoms with Crippen molar-refractivity contribution in [2.75, 3.05) is 13.7 Å². The molecule has 166 valence electrons. The minimum absolute atomic E-state index is 0.316. The van der Waals surface area contributed by atoms with Gasteiger partial charge in [-0.05, 0) is 78.6 Å². The van der Waals surface area contributed by atoms with Crippen molar-refractivity contribution in [2.45, 2.75) is 18.2 Å². The molecule has 0 aliphatic rings. The van der Waals surface area contributed by atoms with Gasteiger partial charge < -0.3 is 9.47 Å². The van der Waals surface area contributed by atoms with Gasteiger partial charge >= 0.3 is 5.97 Å². The Hall–Kier alpha value is -3.75. The summed E-state index contributed by atoms with van der Waals surface area (Å²) in [6, 6.07) is 24.9. The molecule has 0 spiro atoms. The van der Waals surface area contributed by atoms with Gasteiger partial charge in [-0.25, -0.2) is 4.79 Å². The van der Waals surface area contributed by atoms with Gasteiger partial charge in [0.1, 0.15) is 5.75 Å². The first-order valence-corrected chi connectivity index (χ1v) is 11.3. The topological polar surface area (TPSA) is 59.3 Å². The Morgan fingerprint density at radius 1 is 1.03 bits per heavy atom. The van der Waals surface area contributed by atoms with Gasteiger partial charge in [-0.1, -0.05) is 42.1 Å². The van der Waals surface area contributed by atoms with E-state index in [1.165, 1.54) is 0 Å². The van der Waals surface area contributed by atoms with E-state index in [1.54, 1.807) is 44.0 Å². The summed E-state index contributed by atoms with van der Waals surface area (Å²) in [6.07, 6.45) is 2.50. The molecule has 0 N–H and O–H groups in total. The molecule has 0 fully saturated rings. The van der Waals surface area contributed by atoms with Crippen LogP contribution in [0.5, 0.6) is 5.75 Å². The molecule has 0 aliphatic carbocycles. The molecule has 0 atom stereocenters. The molecule has 0 unspecified atom stereocenters. The molecular formula is C28H25NO3S. The highest BCUT2D eigenvalue weighted by Gasteiger charge is 2.16. The van der Waals surface area contributed by atoms with Gasteiger partial charge in [0, 0.05) is 9.80 Å². The monoisotopic (exact) mass is 455 g/mol. The predicted molar refractivity (Wildman–Crippen MR) is 133 cm³/mol. The molecule has 0 saturated heterocycles. The van der Waals surface area contributed by atoms with Crippen molar-refractivity contribution in [3.05, 3.63) is 113 Å². The van der Waals surface area contributed by atoms with E-state index < -0.39 is 0 Å². The fraction of sp³-hybridized carbons (Fsp3) is 0.143. The largest absolute Gasteiger partial charge is 0.497 e. The minimum atomic E-state index is -0.355. The van der Waals surface area contributed by atoms with Crippen molar-refractivity contribution in [1.82, 2.24) is 0 Å². The molecule has 3 rings (SSSR count). The first kappa shape index (κ1) is 23.9. The normalized spacial score (nSPS) is 11.2. The number of allylic oxidation sites excluding steroid dienone is 2. The number of nitriles is 1. The van der Waals surface area contributed by atoms with Crippen molar-refractivity contribution in [3.63, 3.8) is 0 Å². The van der Waals surface area contributed by atoms with Crippen LogP contribution in [0.25, 0.3) is 5.57 Å². The molecule has 5 heteroatoms. The maximum Gasteiger partial charge on any atom is 0.338 e. The fourth-order valence-corrected chi connectivity index (χ4v) is 4.42. The molecule has 0 heterocycles. The van der Waals surface area contributed by atoms with Gasteiger partial charge in [-0.15, -0.1) is 6.58 Å². The Balaban J connectivity index is 2.17. The van der Waals surface area contributed by atoms with Crippen LogP contribution in [-0.2, 0) is 4.74 Å². The van der Waals surface area contributed by atoms with Crippen molar-refractivity contribution in [1.29, 1.82) is 5.26 Å². The van der Waals surface area contributed by atoms with Crippen molar-refractivity contribution < 1.29 is 14.3 Å². The second kappa shape index (κ2) is 11.8. The predicted octanol–water partition coefficient (Wildman–Crippen LogP) is 6.87. The Morgan fingerprint density at radius 2 is 1.73 bits per heavy atom. The number of nitrogens with zero attached hydrogens (tertiary/aromatic N) is 1. The highest BCUT2D eigenvalue weighted by molar-refractivity contribution is 8.03. The van der Waals surface area contributed by atoms with Crippen LogP contribution in [0.2, 0.25) is 0 Å². The summed E-state index contributed by atoms with van der Waals surface area (Å²) in [7, 11) is 1.64. The molecule has 3 aromatic carbocycles. The lowest BCUT2D eigenvalue weighted by Gasteiger charge is -2.17. The quantitative estimate of drug-likeness (QED) is 0.200. The zero-order chi connectivity index (χ0) is 23.6. The first-order chi connectivity index (χ1) is 16.1. The van der Waals surface area contributed by atoms with Crippen LogP contribution in [-0.4, -0.2) is 19.7 Å². The number of benzene rings is 3. The van der Waals surface area contributed by atoms with Gasteiger partial charge in [0.2, 0.25) is 0 Å². The molecule has 0 amide bonds. The number of esters is 1. The van der Waals surface area contributed by atoms with Crippen LogP contribution in [0.15, 0.2) is 95.3 Å². The summed E-state index contributed by atoms with van der Waals surface area (Å²) in [4.78, 5) is 14.5. The third-order valence-electron chi connectivity index (χ3n) is 4.87. The Morgan fingerprint density at radius 3 is 2.33 bits per heavy atom. The zero-order valence-corrected chi connectivity index (χ0v) is 19.5. The number of carbonyl (C=O) groups excluding carboxylic acids is 1. The summed E-state index contributed by atoms with van der Waals surface area (Å²) < 4.78 is 10.5. The molecule has 33 heavy (non-hydrogen) atoms. The second-order valence-electron chi connectivity index (χ2n) is 7.06. The summed E-state index contributed by atoms with van der Waals surface area (Å²) in [5, 5.41) is 9.22. The lowest BCUT2D eigenvalue weighted by molar-refractivity contribution is 0.0526. The van der Waals surface area contributed by atoms with E-state index in [1.807, 2.05) is 60.7 Å². The average molecular weight is 456 g/mol. The average Bonchev–Trinajstić information content (AvgIpc) is 2.85. The van der Waals surface area contributed by atoms with E-state index in [-0.39, 0.29) is 5.97 Å². The zero-order valence-electron chi connectivity index (χ0n) is 18.7. The number of ether oxygens (including phenoxy) is 2. The fourth-order valence-electron chi connectivity index (χ4n) is 3.33. The SMILES string of the molecule is C=CC/C(Sc1ccc(OC)cc1)=C(/c1ccc(C#N)cc1)c1cccc(C(=O)OCC)c1. The number of rotatable bonds is 9. The van der Waals surface area contributed by atoms with Gasteiger partial charge in [0.15, 0.2) is 0 Å². The maximum absolute atomic E-state index is 12.4. The van der Waals surface area contributed by atoms with Gasteiger partial charge in [-0.2, -0.15) is 5.26 Å². The van der Waals surface area contributed by atoms with Gasteiger partial charge in [0.05, 0.1) is 30.9 Å². The summed E-state index contributed by atoms with van der Waals surface area (Å²) in [5.74, 6) is 0.440. The van der Waals surface area contributed by atoms with Crippen molar-refractivity contribution >= 4 is 23.3 Å². The van der Waals surface area contributed by atoms with Crippen LogP contribution < -0.4 is 4.74 Å². The highest BCUT2D eigenvalue weighted by atomic mass is 32.2. The summed E-state index contributed by atoms with van der Waals surface area (Å²) >= 11 is 1.64. The molecule has 0 saturated carbocycles. The first-order valence-electron chi connectivity index (χ1n) is 10.5. The molecule has 4 nitrogen and oxygen atoms in total.